The molecule has 17 nitrogen and oxygen atoms in total. The van der Waals surface area contributed by atoms with Gasteiger partial charge >= 0.3 is 0 Å². The summed E-state index contributed by atoms with van der Waals surface area (Å²) in [5, 5.41) is 2.42. The van der Waals surface area contributed by atoms with E-state index < -0.39 is 0 Å². The number of ketones is 3. The predicted molar refractivity (Wildman–Crippen MR) is 257 cm³/mol. The average Bonchev–Trinajstić information content (AvgIpc) is 3.85. The molecule has 346 valence electrons. The first kappa shape index (κ1) is 48.5. The molecule has 0 saturated carbocycles. The molecule has 0 aliphatic carbocycles. The van der Waals surface area contributed by atoms with Crippen LogP contribution in [0.4, 0.5) is 0 Å². The maximum absolute atomic E-state index is 12.4. The predicted octanol–water partition coefficient (Wildman–Crippen LogP) is 9.02. The van der Waals surface area contributed by atoms with Crippen molar-refractivity contribution in [1.29, 1.82) is 0 Å². The number of terminal acetylenes is 1. The van der Waals surface area contributed by atoms with E-state index in [-0.39, 0.29) is 36.6 Å². The topological polar surface area (TPSA) is 217 Å². The number of methoxy groups -OCH3 is 1. The number of rotatable bonds is 16. The smallest absolute Gasteiger partial charge is 0.213 e. The number of ether oxygens (including phenoxy) is 4. The van der Waals surface area contributed by atoms with E-state index >= 15 is 0 Å². The highest BCUT2D eigenvalue weighted by Crippen LogP contribution is 2.24. The second-order valence-corrected chi connectivity index (χ2v) is 15.4. The van der Waals surface area contributed by atoms with Crippen LogP contribution >= 0.6 is 11.3 Å². The molecule has 0 bridgehead atoms. The summed E-state index contributed by atoms with van der Waals surface area (Å²) in [5.74, 6) is 5.81. The Labute approximate surface area is 405 Å². The highest BCUT2D eigenvalue weighted by molar-refractivity contribution is 7.09. The number of Topliss-reactive ketones (excluding diaryl/α,β-unsaturated/α-hetero) is 3. The van der Waals surface area contributed by atoms with Crippen LogP contribution in [0.2, 0.25) is 0 Å². The van der Waals surface area contributed by atoms with Gasteiger partial charge in [0.05, 0.1) is 50.4 Å². The monoisotopic (exact) mass is 948 g/mol. The van der Waals surface area contributed by atoms with Crippen LogP contribution in [0.1, 0.15) is 59.1 Å². The fraction of sp³-hybridized carbons (Fsp3) is 0.0962. The first-order valence-corrected chi connectivity index (χ1v) is 22.0. The minimum atomic E-state index is -0.162. The van der Waals surface area contributed by atoms with Crippen LogP contribution in [0, 0.1) is 19.3 Å². The van der Waals surface area contributed by atoms with E-state index in [1.165, 1.54) is 49.6 Å². The van der Waals surface area contributed by atoms with Gasteiger partial charge in [-0.2, -0.15) is 0 Å². The molecular formula is C52H40N10O7S. The van der Waals surface area contributed by atoms with E-state index in [0.29, 0.717) is 73.9 Å². The Bertz CT molecular complexity index is 3210. The zero-order chi connectivity index (χ0) is 48.9. The third kappa shape index (κ3) is 15.0. The number of carbonyl (C=O) groups excluding carboxylic acids is 3. The van der Waals surface area contributed by atoms with Crippen molar-refractivity contribution in [2.75, 3.05) is 7.11 Å². The van der Waals surface area contributed by atoms with E-state index in [0.717, 1.165) is 11.3 Å². The molecule has 0 aliphatic rings. The van der Waals surface area contributed by atoms with Crippen LogP contribution in [0.3, 0.4) is 0 Å². The lowest BCUT2D eigenvalue weighted by atomic mass is 10.1. The highest BCUT2D eigenvalue weighted by atomic mass is 32.1. The molecule has 0 radical (unpaired) electrons. The van der Waals surface area contributed by atoms with Gasteiger partial charge in [-0.25, -0.2) is 19.9 Å². The fourth-order valence-corrected chi connectivity index (χ4v) is 6.78. The van der Waals surface area contributed by atoms with Gasteiger partial charge in [-0.3, -0.25) is 44.3 Å². The van der Waals surface area contributed by atoms with Crippen molar-refractivity contribution in [3.63, 3.8) is 0 Å². The van der Waals surface area contributed by atoms with Crippen LogP contribution in [-0.2, 0) is 19.3 Å². The van der Waals surface area contributed by atoms with E-state index in [4.69, 9.17) is 25.4 Å². The third-order valence-corrected chi connectivity index (χ3v) is 10.1. The number of hydrogen-bond donors (Lipinski definition) is 0. The van der Waals surface area contributed by atoms with Gasteiger partial charge in [-0.05, 0) is 79.1 Å². The summed E-state index contributed by atoms with van der Waals surface area (Å²) in [5.41, 5.74) is 3.96. The quantitative estimate of drug-likeness (QED) is 0.0652. The Morgan fingerprint density at radius 3 is 1.63 bits per heavy atom. The van der Waals surface area contributed by atoms with Crippen molar-refractivity contribution in [2.24, 2.45) is 0 Å². The molecule has 0 unspecified atom stereocenters. The molecule has 0 aliphatic heterocycles. The van der Waals surface area contributed by atoms with Crippen molar-refractivity contribution in [3.8, 4) is 52.7 Å². The molecule has 0 fully saturated rings. The summed E-state index contributed by atoms with van der Waals surface area (Å²) in [7, 11) is 1.53. The number of carbonyl (C=O) groups is 3. The summed E-state index contributed by atoms with van der Waals surface area (Å²) in [6, 6.07) is 26.0. The van der Waals surface area contributed by atoms with Crippen molar-refractivity contribution < 1.29 is 33.3 Å². The van der Waals surface area contributed by atoms with E-state index in [1.807, 2.05) is 19.1 Å². The molecule has 0 atom stereocenters. The van der Waals surface area contributed by atoms with Gasteiger partial charge < -0.3 is 18.9 Å². The molecule has 70 heavy (non-hydrogen) atoms. The molecule has 0 aromatic carbocycles. The van der Waals surface area contributed by atoms with Crippen LogP contribution in [0.5, 0.6) is 40.4 Å². The maximum atomic E-state index is 12.4. The Morgan fingerprint density at radius 2 is 1.10 bits per heavy atom. The Morgan fingerprint density at radius 1 is 0.557 bits per heavy atom. The van der Waals surface area contributed by atoms with Crippen molar-refractivity contribution in [1.82, 2.24) is 49.8 Å². The number of thiazole rings is 1. The number of pyridine rings is 7. The van der Waals surface area contributed by atoms with Gasteiger partial charge in [0.2, 0.25) is 5.88 Å². The minimum Gasteiger partial charge on any atom is -0.481 e. The van der Waals surface area contributed by atoms with Crippen LogP contribution in [-0.4, -0.2) is 74.3 Å². The van der Waals surface area contributed by atoms with Crippen LogP contribution < -0.4 is 18.9 Å². The van der Waals surface area contributed by atoms with Gasteiger partial charge in [0, 0.05) is 78.9 Å². The molecule has 0 amide bonds. The van der Waals surface area contributed by atoms with E-state index in [2.05, 4.69) is 55.8 Å². The van der Waals surface area contributed by atoms with Crippen molar-refractivity contribution >= 4 is 28.7 Å². The first-order chi connectivity index (χ1) is 34.2. The van der Waals surface area contributed by atoms with Gasteiger partial charge in [-0.1, -0.05) is 6.07 Å². The standard InChI is InChI=1S/C18H15N3O2.C17H14N4O3.C17H11N3O2S/c1-13-9-14(4-7-20-13)10-18(22)17-11-15(5-8-21-17)23-16-3-2-6-19-12-16;1-23-17-4-2-3-12(21-17)7-16(22)15-8-13(5-6-20-15)24-14-9-18-11-19-10-14;1-2-12-11-23-17(20-12)9-16(21)15-8-13(5-7-19-15)22-14-4-3-6-18-10-14/h2-9,11-12H,10H2,1H3;2-6,8-11H,7H2,1H3;1,3-8,10-11H,9H2. The lowest BCUT2D eigenvalue weighted by Gasteiger charge is -2.06. The van der Waals surface area contributed by atoms with Crippen molar-refractivity contribution in [2.45, 2.75) is 26.2 Å². The van der Waals surface area contributed by atoms with Gasteiger partial charge in [0.1, 0.15) is 62.9 Å². The normalized spacial score (nSPS) is 10.2. The summed E-state index contributed by atoms with van der Waals surface area (Å²) in [6.45, 7) is 1.90. The molecule has 0 saturated heterocycles. The Hall–Kier alpha value is -9.47. The molecule has 18 heteroatoms. The molecule has 0 N–H and O–H groups in total. The molecular weight excluding hydrogens is 909 g/mol. The Kier molecular flexibility index (Phi) is 17.2. The molecule has 9 aromatic rings. The fourth-order valence-electron chi connectivity index (χ4n) is 6.04. The SMILES string of the molecule is C#Cc1csc(CC(=O)c2cc(Oc3cccnc3)ccn2)n1.COc1cccc(CC(=O)c2cc(Oc3cncnc3)ccn2)n1.Cc1cc(CC(=O)c2cc(Oc3cccnc3)ccn2)ccn1. The second-order valence-electron chi connectivity index (χ2n) is 14.4. The second kappa shape index (κ2) is 24.9. The summed E-state index contributed by atoms with van der Waals surface area (Å²) in [4.78, 5) is 77.7. The van der Waals surface area contributed by atoms with Crippen LogP contribution in [0.25, 0.3) is 0 Å². The molecule has 9 aromatic heterocycles. The Balaban J connectivity index is 0.000000155. The van der Waals surface area contributed by atoms with Gasteiger partial charge in [0.25, 0.3) is 0 Å². The largest absolute Gasteiger partial charge is 0.481 e. The molecule has 0 spiro atoms. The number of nitrogens with zero attached hydrogens (tertiary/aromatic N) is 10. The van der Waals surface area contributed by atoms with Crippen molar-refractivity contribution in [3.05, 3.63) is 209 Å². The van der Waals surface area contributed by atoms with E-state index in [9.17, 15) is 14.4 Å². The first-order valence-electron chi connectivity index (χ1n) is 21.1. The molecule has 9 heterocycles. The number of hydrogen-bond acceptors (Lipinski definition) is 18. The number of aromatic nitrogens is 10. The summed E-state index contributed by atoms with van der Waals surface area (Å²) >= 11 is 1.36. The maximum Gasteiger partial charge on any atom is 0.213 e. The van der Waals surface area contributed by atoms with Gasteiger partial charge in [-0.15, -0.1) is 17.8 Å². The average molecular weight is 949 g/mol. The summed E-state index contributed by atoms with van der Waals surface area (Å²) in [6.07, 6.45) is 23.2. The third-order valence-electron chi connectivity index (χ3n) is 9.23. The highest BCUT2D eigenvalue weighted by Gasteiger charge is 2.15. The zero-order valence-corrected chi connectivity index (χ0v) is 38.3. The molecule has 9 rings (SSSR count). The summed E-state index contributed by atoms with van der Waals surface area (Å²) < 4.78 is 22.0. The lowest BCUT2D eigenvalue weighted by molar-refractivity contribution is 0.0979. The van der Waals surface area contributed by atoms with E-state index in [1.54, 1.807) is 121 Å². The lowest BCUT2D eigenvalue weighted by Crippen LogP contribution is -2.07. The zero-order valence-electron chi connectivity index (χ0n) is 37.5. The van der Waals surface area contributed by atoms with Crippen LogP contribution in [0.15, 0.2) is 165 Å². The van der Waals surface area contributed by atoms with Gasteiger partial charge in [0.15, 0.2) is 23.1 Å². The number of aryl methyl sites for hydroxylation is 1. The minimum absolute atomic E-state index is 0.0627.